The van der Waals surface area contributed by atoms with E-state index in [1.807, 2.05) is 6.92 Å². The third-order valence-electron chi connectivity index (χ3n) is 2.40. The third-order valence-corrected chi connectivity index (χ3v) is 2.57. The van der Waals surface area contributed by atoms with Gasteiger partial charge in [0.15, 0.2) is 0 Å². The first-order valence-electron chi connectivity index (χ1n) is 5.17. The third kappa shape index (κ3) is 4.84. The normalized spacial score (nSPS) is 27.5. The average Bonchev–Trinajstić information content (AvgIpc) is 2.51. The van der Waals surface area contributed by atoms with Crippen LogP contribution < -0.4 is 5.32 Å². The molecule has 0 radical (unpaired) electrons. The van der Waals surface area contributed by atoms with E-state index in [2.05, 4.69) is 12.2 Å². The summed E-state index contributed by atoms with van der Waals surface area (Å²) in [7, 11) is 0. The fourth-order valence-corrected chi connectivity index (χ4v) is 1.98. The second kappa shape index (κ2) is 5.84. The van der Waals surface area contributed by atoms with E-state index in [9.17, 15) is 0 Å². The molecule has 3 heteroatoms. The summed E-state index contributed by atoms with van der Waals surface area (Å²) >= 11 is 5.90. The van der Waals surface area contributed by atoms with E-state index in [0.29, 0.717) is 12.1 Å². The minimum absolute atomic E-state index is 0.256. The fraction of sp³-hybridized carbons (Fsp3) is 1.00. The smallest absolute Gasteiger partial charge is 0.0700 e. The molecule has 0 aliphatic carbocycles. The van der Waals surface area contributed by atoms with Crippen molar-refractivity contribution in [1.82, 2.24) is 5.32 Å². The molecule has 0 spiro atoms. The predicted molar refractivity (Wildman–Crippen MR) is 56.4 cm³/mol. The first kappa shape index (κ1) is 11.3. The number of nitrogens with one attached hydrogen (secondary N) is 1. The van der Waals surface area contributed by atoms with Crippen LogP contribution in [-0.2, 0) is 4.74 Å². The van der Waals surface area contributed by atoms with Crippen molar-refractivity contribution in [2.24, 2.45) is 0 Å². The monoisotopic (exact) mass is 205 g/mol. The van der Waals surface area contributed by atoms with Gasteiger partial charge in [0, 0.05) is 24.6 Å². The Bertz CT molecular complexity index is 135. The van der Waals surface area contributed by atoms with Crippen LogP contribution in [0.2, 0.25) is 0 Å². The minimum Gasteiger partial charge on any atom is -0.377 e. The molecule has 2 nitrogen and oxygen atoms in total. The zero-order valence-corrected chi connectivity index (χ0v) is 9.31. The molecule has 1 aliphatic heterocycles. The Balaban J connectivity index is 2.03. The van der Waals surface area contributed by atoms with Crippen LogP contribution in [0.15, 0.2) is 0 Å². The van der Waals surface area contributed by atoms with Crippen molar-refractivity contribution in [3.8, 4) is 0 Å². The predicted octanol–water partition coefficient (Wildman–Crippen LogP) is 2.16. The van der Waals surface area contributed by atoms with Crippen molar-refractivity contribution in [3.05, 3.63) is 0 Å². The molecule has 0 amide bonds. The molecule has 3 atom stereocenters. The van der Waals surface area contributed by atoms with Crippen molar-refractivity contribution in [2.75, 3.05) is 13.2 Å². The molecular weight excluding hydrogens is 186 g/mol. The Morgan fingerprint density at radius 3 is 2.85 bits per heavy atom. The number of hydrogen-bond acceptors (Lipinski definition) is 2. The summed E-state index contributed by atoms with van der Waals surface area (Å²) in [5.74, 6) is 0. The molecule has 0 aromatic carbocycles. The van der Waals surface area contributed by atoms with Gasteiger partial charge in [-0.3, -0.25) is 0 Å². The maximum atomic E-state index is 5.90. The van der Waals surface area contributed by atoms with Gasteiger partial charge in [-0.2, -0.15) is 0 Å². The standard InChI is InChI=1S/C10H20ClNO/c1-8(11)6-9(2)12-7-10-4-3-5-13-10/h8-10,12H,3-7H2,1-2H3. The van der Waals surface area contributed by atoms with Crippen LogP contribution in [-0.4, -0.2) is 30.7 Å². The number of halogens is 1. The topological polar surface area (TPSA) is 21.3 Å². The van der Waals surface area contributed by atoms with Gasteiger partial charge in [-0.25, -0.2) is 0 Å². The van der Waals surface area contributed by atoms with Gasteiger partial charge in [0.05, 0.1) is 6.10 Å². The van der Waals surface area contributed by atoms with Gasteiger partial charge in [-0.15, -0.1) is 11.6 Å². The second-order valence-electron chi connectivity index (χ2n) is 3.96. The van der Waals surface area contributed by atoms with Crippen molar-refractivity contribution in [2.45, 2.75) is 50.6 Å². The molecule has 1 saturated heterocycles. The molecule has 3 unspecified atom stereocenters. The second-order valence-corrected chi connectivity index (χ2v) is 4.71. The van der Waals surface area contributed by atoms with E-state index in [-0.39, 0.29) is 5.38 Å². The first-order chi connectivity index (χ1) is 6.18. The summed E-state index contributed by atoms with van der Waals surface area (Å²) in [6, 6.07) is 0.497. The molecule has 1 heterocycles. The van der Waals surface area contributed by atoms with Crippen molar-refractivity contribution in [3.63, 3.8) is 0 Å². The molecule has 13 heavy (non-hydrogen) atoms. The van der Waals surface area contributed by atoms with Gasteiger partial charge < -0.3 is 10.1 Å². The first-order valence-corrected chi connectivity index (χ1v) is 5.61. The Hall–Kier alpha value is 0.210. The average molecular weight is 206 g/mol. The highest BCUT2D eigenvalue weighted by Gasteiger charge is 2.16. The van der Waals surface area contributed by atoms with E-state index in [1.165, 1.54) is 12.8 Å². The lowest BCUT2D eigenvalue weighted by Crippen LogP contribution is -2.34. The summed E-state index contributed by atoms with van der Waals surface area (Å²) in [6.45, 7) is 6.12. The van der Waals surface area contributed by atoms with Crippen molar-refractivity contribution < 1.29 is 4.74 Å². The highest BCUT2D eigenvalue weighted by atomic mass is 35.5. The van der Waals surface area contributed by atoms with Gasteiger partial charge in [-0.05, 0) is 33.1 Å². The summed E-state index contributed by atoms with van der Waals surface area (Å²) in [6.07, 6.45) is 3.88. The molecular formula is C10H20ClNO. The molecule has 1 rings (SSSR count). The largest absolute Gasteiger partial charge is 0.377 e. The number of ether oxygens (including phenoxy) is 1. The van der Waals surface area contributed by atoms with Crippen LogP contribution in [0.3, 0.4) is 0 Å². The summed E-state index contributed by atoms with van der Waals surface area (Å²) < 4.78 is 5.51. The van der Waals surface area contributed by atoms with E-state index < -0.39 is 0 Å². The number of rotatable bonds is 5. The van der Waals surface area contributed by atoms with Crippen LogP contribution >= 0.6 is 11.6 Å². The maximum absolute atomic E-state index is 5.90. The Morgan fingerprint density at radius 2 is 2.31 bits per heavy atom. The molecule has 0 bridgehead atoms. The van der Waals surface area contributed by atoms with E-state index in [0.717, 1.165) is 19.6 Å². The molecule has 78 valence electrons. The zero-order valence-electron chi connectivity index (χ0n) is 8.55. The highest BCUT2D eigenvalue weighted by molar-refractivity contribution is 6.20. The quantitative estimate of drug-likeness (QED) is 0.695. The van der Waals surface area contributed by atoms with Crippen molar-refractivity contribution in [1.29, 1.82) is 0 Å². The highest BCUT2D eigenvalue weighted by Crippen LogP contribution is 2.11. The number of hydrogen-bond donors (Lipinski definition) is 1. The Kier molecular flexibility index (Phi) is 5.07. The number of alkyl halides is 1. The molecule has 0 aromatic heterocycles. The van der Waals surface area contributed by atoms with Gasteiger partial charge in [-0.1, -0.05) is 0 Å². The minimum atomic E-state index is 0.256. The van der Waals surface area contributed by atoms with Crippen LogP contribution in [0.25, 0.3) is 0 Å². The van der Waals surface area contributed by atoms with Gasteiger partial charge in [0.2, 0.25) is 0 Å². The van der Waals surface area contributed by atoms with Gasteiger partial charge in [0.1, 0.15) is 0 Å². The van der Waals surface area contributed by atoms with E-state index in [1.54, 1.807) is 0 Å². The molecule has 1 fully saturated rings. The van der Waals surface area contributed by atoms with Crippen LogP contribution in [0.1, 0.15) is 33.1 Å². The lowest BCUT2D eigenvalue weighted by atomic mass is 10.1. The van der Waals surface area contributed by atoms with Crippen LogP contribution in [0.5, 0.6) is 0 Å². The van der Waals surface area contributed by atoms with Gasteiger partial charge >= 0.3 is 0 Å². The molecule has 1 aliphatic rings. The lowest BCUT2D eigenvalue weighted by molar-refractivity contribution is 0.107. The Morgan fingerprint density at radius 1 is 1.54 bits per heavy atom. The molecule has 0 saturated carbocycles. The van der Waals surface area contributed by atoms with E-state index >= 15 is 0 Å². The SMILES string of the molecule is CC(Cl)CC(C)NCC1CCCO1. The maximum Gasteiger partial charge on any atom is 0.0700 e. The Labute approximate surface area is 86.0 Å². The molecule has 1 N–H and O–H groups in total. The summed E-state index contributed by atoms with van der Waals surface area (Å²) in [4.78, 5) is 0. The van der Waals surface area contributed by atoms with Crippen LogP contribution in [0, 0.1) is 0 Å². The van der Waals surface area contributed by atoms with Crippen molar-refractivity contribution >= 4 is 11.6 Å². The van der Waals surface area contributed by atoms with E-state index in [4.69, 9.17) is 16.3 Å². The fourth-order valence-electron chi connectivity index (χ4n) is 1.71. The van der Waals surface area contributed by atoms with Gasteiger partial charge in [0.25, 0.3) is 0 Å². The summed E-state index contributed by atoms with van der Waals surface area (Å²) in [5.41, 5.74) is 0. The molecule has 0 aromatic rings. The lowest BCUT2D eigenvalue weighted by Gasteiger charge is -2.17. The zero-order chi connectivity index (χ0) is 9.68. The van der Waals surface area contributed by atoms with Crippen LogP contribution in [0.4, 0.5) is 0 Å². The summed E-state index contributed by atoms with van der Waals surface area (Å²) in [5, 5.41) is 3.70.